The summed E-state index contributed by atoms with van der Waals surface area (Å²) in [4.78, 5) is 19.1. The Bertz CT molecular complexity index is 897. The van der Waals surface area contributed by atoms with Gasteiger partial charge >= 0.3 is 0 Å². The normalized spacial score (nSPS) is 14.9. The van der Waals surface area contributed by atoms with Gasteiger partial charge in [-0.15, -0.1) is 0 Å². The Morgan fingerprint density at radius 3 is 2.59 bits per heavy atom. The molecule has 138 valence electrons. The number of carbonyl (C=O) groups is 1. The van der Waals surface area contributed by atoms with Crippen molar-refractivity contribution in [3.63, 3.8) is 0 Å². The molecule has 1 aliphatic rings. The zero-order valence-electron chi connectivity index (χ0n) is 15.3. The number of H-pyrrole nitrogens is 1. The van der Waals surface area contributed by atoms with Gasteiger partial charge in [0.2, 0.25) is 5.88 Å². The maximum absolute atomic E-state index is 13.0. The van der Waals surface area contributed by atoms with E-state index in [-0.39, 0.29) is 12.0 Å². The number of nitrogens with one attached hydrogen (secondary N) is 1. The molecule has 3 heterocycles. The van der Waals surface area contributed by atoms with E-state index in [2.05, 4.69) is 15.2 Å². The summed E-state index contributed by atoms with van der Waals surface area (Å²) in [6.07, 6.45) is 5.09. The van der Waals surface area contributed by atoms with Crippen molar-refractivity contribution in [3.05, 3.63) is 66.0 Å². The van der Waals surface area contributed by atoms with Crippen molar-refractivity contribution in [2.45, 2.75) is 25.9 Å². The van der Waals surface area contributed by atoms with E-state index in [1.54, 1.807) is 12.4 Å². The summed E-state index contributed by atoms with van der Waals surface area (Å²) in [7, 11) is 0. The molecule has 6 nitrogen and oxygen atoms in total. The number of ether oxygens (including phenoxy) is 1. The topological polar surface area (TPSA) is 71.1 Å². The van der Waals surface area contributed by atoms with Crippen molar-refractivity contribution >= 4 is 5.91 Å². The fourth-order valence-corrected chi connectivity index (χ4v) is 3.31. The fourth-order valence-electron chi connectivity index (χ4n) is 3.31. The van der Waals surface area contributed by atoms with Gasteiger partial charge in [-0.3, -0.25) is 9.89 Å². The number of amides is 1. The summed E-state index contributed by atoms with van der Waals surface area (Å²) in [5.74, 6) is 0.654. The highest BCUT2D eigenvalue weighted by Gasteiger charge is 2.27. The van der Waals surface area contributed by atoms with Gasteiger partial charge in [0.1, 0.15) is 6.10 Å². The molecule has 0 saturated carbocycles. The average molecular weight is 362 g/mol. The van der Waals surface area contributed by atoms with Crippen LogP contribution in [-0.2, 0) is 0 Å². The number of nitrogens with zero attached hydrogens (tertiary/aromatic N) is 3. The molecule has 1 fully saturated rings. The summed E-state index contributed by atoms with van der Waals surface area (Å²) in [5, 5.41) is 7.04. The summed E-state index contributed by atoms with van der Waals surface area (Å²) in [6.45, 7) is 3.32. The highest BCUT2D eigenvalue weighted by Crippen LogP contribution is 2.24. The molecule has 1 amide bonds. The van der Waals surface area contributed by atoms with E-state index >= 15 is 0 Å². The van der Waals surface area contributed by atoms with E-state index in [1.165, 1.54) is 0 Å². The van der Waals surface area contributed by atoms with Crippen LogP contribution in [0.3, 0.4) is 0 Å². The molecule has 27 heavy (non-hydrogen) atoms. The summed E-state index contributed by atoms with van der Waals surface area (Å²) >= 11 is 0. The van der Waals surface area contributed by atoms with Gasteiger partial charge in [-0.25, -0.2) is 4.98 Å². The second-order valence-corrected chi connectivity index (χ2v) is 6.81. The van der Waals surface area contributed by atoms with Crippen LogP contribution in [0.2, 0.25) is 0 Å². The standard InChI is InChI=1S/C21H22N4O2/c1-15-7-8-19(22-13-15)27-17-9-11-25(12-10-17)21(26)18-14-23-24-20(18)16-5-3-2-4-6-16/h2-8,13-14,17H,9-12H2,1H3,(H,23,24). The van der Waals surface area contributed by atoms with Gasteiger partial charge < -0.3 is 9.64 Å². The van der Waals surface area contributed by atoms with Gasteiger partial charge in [-0.2, -0.15) is 5.10 Å². The number of pyridine rings is 1. The van der Waals surface area contributed by atoms with E-state index in [0.29, 0.717) is 24.5 Å². The lowest BCUT2D eigenvalue weighted by Crippen LogP contribution is -2.41. The average Bonchev–Trinajstić information content (AvgIpc) is 3.20. The zero-order valence-corrected chi connectivity index (χ0v) is 15.3. The molecule has 2 aromatic heterocycles. The first-order chi connectivity index (χ1) is 13.2. The molecule has 3 aromatic rings. The number of carbonyl (C=O) groups excluding carboxylic acids is 1. The van der Waals surface area contributed by atoms with Gasteiger partial charge in [0.25, 0.3) is 5.91 Å². The Morgan fingerprint density at radius 2 is 1.89 bits per heavy atom. The molecule has 0 spiro atoms. The molecule has 0 atom stereocenters. The Morgan fingerprint density at radius 1 is 1.11 bits per heavy atom. The number of likely N-dealkylation sites (tertiary alicyclic amines) is 1. The third-order valence-electron chi connectivity index (χ3n) is 4.83. The Kier molecular flexibility index (Phi) is 4.87. The molecule has 0 bridgehead atoms. The first-order valence-electron chi connectivity index (χ1n) is 9.18. The third-order valence-corrected chi connectivity index (χ3v) is 4.83. The molecule has 0 unspecified atom stereocenters. The zero-order chi connectivity index (χ0) is 18.6. The number of aromatic amines is 1. The second kappa shape index (κ2) is 7.61. The van der Waals surface area contributed by atoms with Crippen LogP contribution in [0, 0.1) is 6.92 Å². The smallest absolute Gasteiger partial charge is 0.257 e. The number of benzene rings is 1. The van der Waals surface area contributed by atoms with Crippen LogP contribution in [0.4, 0.5) is 0 Å². The molecule has 1 aliphatic heterocycles. The quantitative estimate of drug-likeness (QED) is 0.771. The number of piperidine rings is 1. The van der Waals surface area contributed by atoms with Gasteiger partial charge in [0.15, 0.2) is 0 Å². The van der Waals surface area contributed by atoms with Crippen LogP contribution in [0.15, 0.2) is 54.9 Å². The van der Waals surface area contributed by atoms with E-state index < -0.39 is 0 Å². The fraction of sp³-hybridized carbons (Fsp3) is 0.286. The monoisotopic (exact) mass is 362 g/mol. The van der Waals surface area contributed by atoms with Crippen LogP contribution in [0.5, 0.6) is 5.88 Å². The molecular formula is C21H22N4O2. The lowest BCUT2D eigenvalue weighted by atomic mass is 10.0. The van der Waals surface area contributed by atoms with Crippen molar-refractivity contribution in [3.8, 4) is 17.1 Å². The molecule has 0 radical (unpaired) electrons. The Balaban J connectivity index is 1.39. The van der Waals surface area contributed by atoms with Crippen LogP contribution >= 0.6 is 0 Å². The SMILES string of the molecule is Cc1ccc(OC2CCN(C(=O)c3cn[nH]c3-c3ccccc3)CC2)nc1. The van der Waals surface area contributed by atoms with Crippen LogP contribution in [0.1, 0.15) is 28.8 Å². The number of hydrogen-bond acceptors (Lipinski definition) is 4. The largest absolute Gasteiger partial charge is 0.474 e. The maximum atomic E-state index is 13.0. The predicted octanol–water partition coefficient (Wildman–Crippen LogP) is 3.46. The van der Waals surface area contributed by atoms with Gasteiger partial charge in [-0.05, 0) is 12.5 Å². The van der Waals surface area contributed by atoms with Crippen molar-refractivity contribution in [2.75, 3.05) is 13.1 Å². The molecule has 0 aliphatic carbocycles. The lowest BCUT2D eigenvalue weighted by Gasteiger charge is -2.32. The van der Waals surface area contributed by atoms with Gasteiger partial charge in [0.05, 0.1) is 17.5 Å². The van der Waals surface area contributed by atoms with E-state index in [1.807, 2.05) is 54.3 Å². The Labute approximate surface area is 158 Å². The van der Waals surface area contributed by atoms with Crippen LogP contribution < -0.4 is 4.74 Å². The molecule has 6 heteroatoms. The van der Waals surface area contributed by atoms with Crippen molar-refractivity contribution < 1.29 is 9.53 Å². The third kappa shape index (κ3) is 3.84. The summed E-state index contributed by atoms with van der Waals surface area (Å²) < 4.78 is 5.95. The van der Waals surface area contributed by atoms with Gasteiger partial charge in [0, 0.05) is 43.8 Å². The van der Waals surface area contributed by atoms with Crippen LogP contribution in [-0.4, -0.2) is 45.2 Å². The molecule has 1 aromatic carbocycles. The number of rotatable bonds is 4. The minimum Gasteiger partial charge on any atom is -0.474 e. The molecule has 1 N–H and O–H groups in total. The van der Waals surface area contributed by atoms with E-state index in [0.717, 1.165) is 29.7 Å². The lowest BCUT2D eigenvalue weighted by molar-refractivity contribution is 0.0588. The predicted molar refractivity (Wildman–Crippen MR) is 103 cm³/mol. The first kappa shape index (κ1) is 17.3. The summed E-state index contributed by atoms with van der Waals surface area (Å²) in [5.41, 5.74) is 3.45. The highest BCUT2D eigenvalue weighted by atomic mass is 16.5. The maximum Gasteiger partial charge on any atom is 0.257 e. The number of hydrogen-bond donors (Lipinski definition) is 1. The van der Waals surface area contributed by atoms with Crippen molar-refractivity contribution in [2.24, 2.45) is 0 Å². The molecular weight excluding hydrogens is 340 g/mol. The van der Waals surface area contributed by atoms with Crippen molar-refractivity contribution in [1.82, 2.24) is 20.1 Å². The number of aryl methyl sites for hydroxylation is 1. The Hall–Kier alpha value is -3.15. The van der Waals surface area contributed by atoms with E-state index in [4.69, 9.17) is 4.74 Å². The van der Waals surface area contributed by atoms with E-state index in [9.17, 15) is 4.79 Å². The number of aromatic nitrogens is 3. The summed E-state index contributed by atoms with van der Waals surface area (Å²) in [6, 6.07) is 13.7. The van der Waals surface area contributed by atoms with Crippen molar-refractivity contribution in [1.29, 1.82) is 0 Å². The van der Waals surface area contributed by atoms with Gasteiger partial charge in [-0.1, -0.05) is 36.4 Å². The first-order valence-corrected chi connectivity index (χ1v) is 9.18. The van der Waals surface area contributed by atoms with Crippen LogP contribution in [0.25, 0.3) is 11.3 Å². The minimum absolute atomic E-state index is 0.00881. The second-order valence-electron chi connectivity index (χ2n) is 6.81. The minimum atomic E-state index is 0.00881. The highest BCUT2D eigenvalue weighted by molar-refractivity contribution is 5.99. The molecule has 4 rings (SSSR count). The molecule has 1 saturated heterocycles.